The van der Waals surface area contributed by atoms with Crippen molar-refractivity contribution in [3.05, 3.63) is 29.3 Å². The third-order valence-electron chi connectivity index (χ3n) is 5.85. The van der Waals surface area contributed by atoms with Gasteiger partial charge in [0.15, 0.2) is 0 Å². The van der Waals surface area contributed by atoms with Gasteiger partial charge in [0.1, 0.15) is 6.04 Å². The van der Waals surface area contributed by atoms with E-state index in [1.807, 2.05) is 20.8 Å². The number of fused-ring (bicyclic) bond motifs is 1. The van der Waals surface area contributed by atoms with E-state index >= 15 is 0 Å². The minimum Gasteiger partial charge on any atom is -0.398 e. The maximum absolute atomic E-state index is 12.9. The summed E-state index contributed by atoms with van der Waals surface area (Å²) >= 11 is 0. The number of likely N-dealkylation sites (N-methyl/N-ethyl adjacent to an activating group) is 1. The molecule has 4 N–H and O–H groups in total. The molecule has 4 amide bonds. The van der Waals surface area contributed by atoms with Gasteiger partial charge in [0.25, 0.3) is 11.8 Å². The number of amides is 4. The minimum atomic E-state index is -0.691. The molecule has 3 atom stereocenters. The summed E-state index contributed by atoms with van der Waals surface area (Å²) in [5, 5.41) is 5.33. The van der Waals surface area contributed by atoms with Crippen molar-refractivity contribution in [1.29, 1.82) is 0 Å². The first-order chi connectivity index (χ1) is 16.1. The predicted molar refractivity (Wildman–Crippen MR) is 127 cm³/mol. The monoisotopic (exact) mass is 492 g/mol. The first-order valence-corrected chi connectivity index (χ1v) is 12.0. The van der Waals surface area contributed by atoms with E-state index in [-0.39, 0.29) is 54.0 Å². The van der Waals surface area contributed by atoms with Gasteiger partial charge in [0.05, 0.1) is 23.7 Å². The van der Waals surface area contributed by atoms with Gasteiger partial charge in [0.2, 0.25) is 11.8 Å². The zero-order valence-electron chi connectivity index (χ0n) is 20.0. The van der Waals surface area contributed by atoms with Gasteiger partial charge in [-0.2, -0.15) is 0 Å². The summed E-state index contributed by atoms with van der Waals surface area (Å²) < 4.78 is 15.8. The fraction of sp³-hybridized carbons (Fsp3) is 0.565. The molecule has 10 nitrogen and oxygen atoms in total. The lowest BCUT2D eigenvalue weighted by molar-refractivity contribution is -0.132. The minimum absolute atomic E-state index is 0.0760. The van der Waals surface area contributed by atoms with Gasteiger partial charge < -0.3 is 16.4 Å². The van der Waals surface area contributed by atoms with Gasteiger partial charge >= 0.3 is 8.69 Å². The molecule has 1 aliphatic rings. The van der Waals surface area contributed by atoms with E-state index in [0.717, 1.165) is 0 Å². The standard InChI is InChI=1S/C23H33N4O6P/c1-13(2)10-18(21(29)25-4)26-20(28)15(12-33-34-32)11-14(3)8-9-27-22(30)16-6-5-7-17(24)19(16)23(27)31/h5-7,13-15,18H,8-12,24H2,1-4H3,(H,25,29)(H,26,28)/t14?,15?,18-/m0/s1. The quantitative estimate of drug-likeness (QED) is 0.218. The highest BCUT2D eigenvalue weighted by Crippen LogP contribution is 2.28. The van der Waals surface area contributed by atoms with Crippen LogP contribution in [0, 0.1) is 17.8 Å². The highest BCUT2D eigenvalue weighted by Gasteiger charge is 2.37. The average Bonchev–Trinajstić information content (AvgIpc) is 3.04. The summed E-state index contributed by atoms with van der Waals surface area (Å²) in [6.45, 7) is 5.89. The molecule has 11 heteroatoms. The zero-order chi connectivity index (χ0) is 25.4. The number of imide groups is 1. The highest BCUT2D eigenvalue weighted by atomic mass is 31.1. The van der Waals surface area contributed by atoms with Crippen molar-refractivity contribution in [1.82, 2.24) is 15.5 Å². The molecule has 1 heterocycles. The molecular weight excluding hydrogens is 459 g/mol. The van der Waals surface area contributed by atoms with E-state index in [0.29, 0.717) is 24.8 Å². The summed E-state index contributed by atoms with van der Waals surface area (Å²) in [7, 11) is 0.964. The van der Waals surface area contributed by atoms with Crippen LogP contribution in [0.3, 0.4) is 0 Å². The fourth-order valence-electron chi connectivity index (χ4n) is 4.05. The molecular formula is C23H33N4O6P. The Bertz CT molecular complexity index is 938. The van der Waals surface area contributed by atoms with Gasteiger partial charge in [0, 0.05) is 19.3 Å². The molecule has 0 bridgehead atoms. The molecule has 0 saturated heterocycles. The summed E-state index contributed by atoms with van der Waals surface area (Å²) in [5.74, 6) is -2.02. The van der Waals surface area contributed by atoms with E-state index in [1.165, 1.54) is 11.9 Å². The number of benzene rings is 1. The normalized spacial score (nSPS) is 15.9. The molecule has 2 rings (SSSR count). The van der Waals surface area contributed by atoms with E-state index in [9.17, 15) is 23.7 Å². The molecule has 0 radical (unpaired) electrons. The Morgan fingerprint density at radius 1 is 1.12 bits per heavy atom. The molecule has 1 aliphatic heterocycles. The summed E-state index contributed by atoms with van der Waals surface area (Å²) in [5.41, 5.74) is 6.67. The molecule has 1 aromatic rings. The molecule has 1 aromatic carbocycles. The van der Waals surface area contributed by atoms with Crippen molar-refractivity contribution in [2.45, 2.75) is 46.1 Å². The molecule has 34 heavy (non-hydrogen) atoms. The van der Waals surface area contributed by atoms with Crippen LogP contribution in [0.2, 0.25) is 0 Å². The summed E-state index contributed by atoms with van der Waals surface area (Å²) in [6.07, 6.45) is 1.28. The number of hydrogen-bond acceptors (Lipinski definition) is 7. The second-order valence-corrected chi connectivity index (χ2v) is 9.44. The Labute approximate surface area is 201 Å². The second-order valence-electron chi connectivity index (χ2n) is 9.03. The van der Waals surface area contributed by atoms with Crippen molar-refractivity contribution >= 4 is 38.0 Å². The molecule has 2 unspecified atom stereocenters. The van der Waals surface area contributed by atoms with E-state index < -0.39 is 26.6 Å². The lowest BCUT2D eigenvalue weighted by Gasteiger charge is -2.24. The lowest BCUT2D eigenvalue weighted by Crippen LogP contribution is -2.49. The van der Waals surface area contributed by atoms with Crippen LogP contribution in [-0.2, 0) is 18.7 Å². The fourth-order valence-corrected chi connectivity index (χ4v) is 4.29. The van der Waals surface area contributed by atoms with Crippen molar-refractivity contribution in [2.75, 3.05) is 25.9 Å². The van der Waals surface area contributed by atoms with Crippen LogP contribution in [0.5, 0.6) is 0 Å². The van der Waals surface area contributed by atoms with E-state index in [2.05, 4.69) is 10.6 Å². The van der Waals surface area contributed by atoms with Crippen LogP contribution in [0.1, 0.15) is 60.7 Å². The summed E-state index contributed by atoms with van der Waals surface area (Å²) in [6, 6.07) is 4.11. The average molecular weight is 493 g/mol. The number of nitrogen functional groups attached to an aromatic ring is 1. The predicted octanol–water partition coefficient (Wildman–Crippen LogP) is 2.40. The van der Waals surface area contributed by atoms with E-state index in [1.54, 1.807) is 18.2 Å². The van der Waals surface area contributed by atoms with Crippen LogP contribution < -0.4 is 16.4 Å². The Kier molecular flexibility index (Phi) is 10.1. The number of nitrogens with zero attached hydrogens (tertiary/aromatic N) is 1. The lowest BCUT2D eigenvalue weighted by atomic mass is 9.92. The topological polar surface area (TPSA) is 148 Å². The Morgan fingerprint density at radius 2 is 1.82 bits per heavy atom. The zero-order valence-corrected chi connectivity index (χ0v) is 20.9. The molecule has 0 aromatic heterocycles. The molecule has 0 aliphatic carbocycles. The first kappa shape index (κ1) is 27.4. The SMILES string of the molecule is CNC(=O)[C@H](CC(C)C)NC(=O)C(COP=O)CC(C)CCN1C(=O)c2cccc(N)c2C1=O. The van der Waals surface area contributed by atoms with Gasteiger partial charge in [-0.25, -0.2) is 4.57 Å². The highest BCUT2D eigenvalue weighted by molar-refractivity contribution is 7.17. The van der Waals surface area contributed by atoms with Crippen LogP contribution in [0.15, 0.2) is 18.2 Å². The maximum Gasteiger partial charge on any atom is 0.327 e. The van der Waals surface area contributed by atoms with Gasteiger partial charge in [-0.1, -0.05) is 26.8 Å². The Morgan fingerprint density at radius 3 is 2.41 bits per heavy atom. The molecule has 0 spiro atoms. The summed E-state index contributed by atoms with van der Waals surface area (Å²) in [4.78, 5) is 51.6. The number of nitrogens with two attached hydrogens (primary N) is 1. The molecule has 0 fully saturated rings. The van der Waals surface area contributed by atoms with Crippen LogP contribution in [-0.4, -0.2) is 54.8 Å². The number of nitrogens with one attached hydrogen (secondary N) is 2. The van der Waals surface area contributed by atoms with Crippen molar-refractivity contribution < 1.29 is 28.3 Å². The first-order valence-electron chi connectivity index (χ1n) is 11.3. The number of hydrogen-bond donors (Lipinski definition) is 3. The largest absolute Gasteiger partial charge is 0.398 e. The number of carbonyl (C=O) groups excluding carboxylic acids is 4. The molecule has 0 saturated carbocycles. The van der Waals surface area contributed by atoms with Crippen LogP contribution in [0.25, 0.3) is 0 Å². The second kappa shape index (κ2) is 12.6. The van der Waals surface area contributed by atoms with Gasteiger partial charge in [-0.05, 0) is 43.2 Å². The van der Waals surface area contributed by atoms with Crippen molar-refractivity contribution in [2.24, 2.45) is 17.8 Å². The molecule has 186 valence electrons. The van der Waals surface area contributed by atoms with Crippen molar-refractivity contribution in [3.63, 3.8) is 0 Å². The van der Waals surface area contributed by atoms with Gasteiger partial charge in [-0.3, -0.25) is 28.6 Å². The third-order valence-corrected chi connectivity index (χ3v) is 6.10. The number of carbonyl (C=O) groups is 4. The maximum atomic E-state index is 12.9. The Balaban J connectivity index is 2.01. The Hall–Kier alpha value is -2.84. The number of rotatable bonds is 13. The van der Waals surface area contributed by atoms with Crippen LogP contribution >= 0.6 is 8.69 Å². The van der Waals surface area contributed by atoms with Crippen LogP contribution in [0.4, 0.5) is 5.69 Å². The van der Waals surface area contributed by atoms with Gasteiger partial charge in [-0.15, -0.1) is 0 Å². The smallest absolute Gasteiger partial charge is 0.327 e. The number of anilines is 1. The van der Waals surface area contributed by atoms with Crippen molar-refractivity contribution in [3.8, 4) is 0 Å². The third kappa shape index (κ3) is 6.84. The van der Waals surface area contributed by atoms with E-state index in [4.69, 9.17) is 10.3 Å².